The topological polar surface area (TPSA) is 73.9 Å². The van der Waals surface area contributed by atoms with E-state index in [1.807, 2.05) is 43.3 Å². The summed E-state index contributed by atoms with van der Waals surface area (Å²) in [5.74, 6) is -0.641. The van der Waals surface area contributed by atoms with Crippen LogP contribution in [-0.4, -0.2) is 27.7 Å². The van der Waals surface area contributed by atoms with E-state index in [4.69, 9.17) is 27.6 Å². The maximum atomic E-state index is 12.9. The number of nitrogens with zero attached hydrogens (tertiary/aromatic N) is 1. The van der Waals surface area contributed by atoms with Gasteiger partial charge in [0.15, 0.2) is 5.76 Å². The minimum absolute atomic E-state index is 0.0190. The Morgan fingerprint density at radius 3 is 2.62 bits per heavy atom. The van der Waals surface area contributed by atoms with E-state index >= 15 is 0 Å². The second-order valence-electron chi connectivity index (χ2n) is 6.94. The van der Waals surface area contributed by atoms with Gasteiger partial charge in [0.05, 0.1) is 10.4 Å². The first kappa shape index (κ1) is 19.4. The van der Waals surface area contributed by atoms with E-state index in [9.17, 15) is 15.0 Å². The number of allylic oxidation sites excluding steroid dienone is 2. The standard InChI is InChI=1S/C22H17Cl2NO4/c1-11-7-14(12-5-6-25(2)18(24)10-12)22-15(8-11)19(27)20(28)21(29-22)13-3-4-17(26)16(23)9-13/h3-10,18,26,28H,1-2H3. The Hall–Kier alpha value is -2.89. The minimum Gasteiger partial charge on any atom is -0.506 e. The number of hydrogen-bond donors (Lipinski definition) is 2. The number of phenols is 1. The fraction of sp³-hybridized carbons (Fsp3) is 0.136. The molecule has 0 saturated carbocycles. The van der Waals surface area contributed by atoms with E-state index in [1.54, 1.807) is 6.07 Å². The van der Waals surface area contributed by atoms with Gasteiger partial charge in [-0.1, -0.05) is 23.2 Å². The van der Waals surface area contributed by atoms with Gasteiger partial charge in [-0.3, -0.25) is 4.79 Å². The molecule has 1 aromatic heterocycles. The summed E-state index contributed by atoms with van der Waals surface area (Å²) in [4.78, 5) is 14.8. The summed E-state index contributed by atoms with van der Waals surface area (Å²) in [6, 6.07) is 7.90. The number of halogens is 2. The second-order valence-corrected chi connectivity index (χ2v) is 7.79. The van der Waals surface area contributed by atoms with Crippen molar-refractivity contribution >= 4 is 39.7 Å². The van der Waals surface area contributed by atoms with Crippen molar-refractivity contribution in [1.82, 2.24) is 4.90 Å². The normalized spacial score (nSPS) is 16.3. The van der Waals surface area contributed by atoms with Gasteiger partial charge in [-0.25, -0.2) is 0 Å². The van der Waals surface area contributed by atoms with Crippen molar-refractivity contribution in [3.63, 3.8) is 0 Å². The van der Waals surface area contributed by atoms with Crippen LogP contribution in [0.3, 0.4) is 0 Å². The molecule has 4 rings (SSSR count). The molecule has 148 valence electrons. The lowest BCUT2D eigenvalue weighted by Crippen LogP contribution is -2.21. The van der Waals surface area contributed by atoms with Crippen LogP contribution in [0.1, 0.15) is 11.1 Å². The van der Waals surface area contributed by atoms with Gasteiger partial charge < -0.3 is 19.5 Å². The van der Waals surface area contributed by atoms with Gasteiger partial charge in [0.25, 0.3) is 0 Å². The van der Waals surface area contributed by atoms with Crippen LogP contribution in [-0.2, 0) is 0 Å². The Balaban J connectivity index is 2.02. The first-order valence-corrected chi connectivity index (χ1v) is 9.63. The third kappa shape index (κ3) is 3.37. The summed E-state index contributed by atoms with van der Waals surface area (Å²) in [5.41, 5.74) is 2.17. The lowest BCUT2D eigenvalue weighted by atomic mass is 9.97. The van der Waals surface area contributed by atoms with Crippen LogP contribution in [0, 0.1) is 6.92 Å². The average molecular weight is 430 g/mol. The van der Waals surface area contributed by atoms with Crippen LogP contribution >= 0.6 is 23.2 Å². The fourth-order valence-corrected chi connectivity index (χ4v) is 3.65. The molecular formula is C22H17Cl2NO4. The molecular weight excluding hydrogens is 413 g/mol. The molecule has 0 aliphatic carbocycles. The molecule has 3 aromatic rings. The lowest BCUT2D eigenvalue weighted by Gasteiger charge is -2.23. The van der Waals surface area contributed by atoms with Crippen LogP contribution in [0.4, 0.5) is 0 Å². The van der Waals surface area contributed by atoms with E-state index in [0.29, 0.717) is 16.7 Å². The van der Waals surface area contributed by atoms with E-state index in [0.717, 1.165) is 11.1 Å². The van der Waals surface area contributed by atoms with Crippen LogP contribution in [0.5, 0.6) is 11.5 Å². The number of fused-ring (bicyclic) bond motifs is 1. The van der Waals surface area contributed by atoms with E-state index < -0.39 is 11.2 Å². The maximum Gasteiger partial charge on any atom is 0.235 e. The molecule has 2 aromatic carbocycles. The smallest absolute Gasteiger partial charge is 0.235 e. The molecule has 7 heteroatoms. The number of hydrogen-bond acceptors (Lipinski definition) is 5. The highest BCUT2D eigenvalue weighted by Crippen LogP contribution is 2.37. The molecule has 0 saturated heterocycles. The maximum absolute atomic E-state index is 12.9. The lowest BCUT2D eigenvalue weighted by molar-refractivity contribution is 0.448. The average Bonchev–Trinajstić information content (AvgIpc) is 2.69. The molecule has 29 heavy (non-hydrogen) atoms. The van der Waals surface area contributed by atoms with E-state index in [-0.39, 0.29) is 27.4 Å². The van der Waals surface area contributed by atoms with Gasteiger partial charge in [0.1, 0.15) is 16.8 Å². The van der Waals surface area contributed by atoms with Gasteiger partial charge in [-0.2, -0.15) is 0 Å². The van der Waals surface area contributed by atoms with Crippen LogP contribution in [0.2, 0.25) is 5.02 Å². The SMILES string of the molecule is Cc1cc(C2=CC(Cl)N(C)C=C2)c2oc(-c3ccc(O)c(Cl)c3)c(O)c(=O)c2c1. The minimum atomic E-state index is -0.546. The third-order valence-electron chi connectivity index (χ3n) is 4.83. The number of phenolic OH excluding ortho intramolecular Hbond substituents is 1. The highest BCUT2D eigenvalue weighted by molar-refractivity contribution is 6.32. The molecule has 2 N–H and O–H groups in total. The number of aryl methyl sites for hydroxylation is 1. The zero-order valence-electron chi connectivity index (χ0n) is 15.6. The summed E-state index contributed by atoms with van der Waals surface area (Å²) >= 11 is 12.3. The summed E-state index contributed by atoms with van der Waals surface area (Å²) in [6.07, 6.45) is 5.59. The predicted molar refractivity (Wildman–Crippen MR) is 116 cm³/mol. The monoisotopic (exact) mass is 429 g/mol. The first-order chi connectivity index (χ1) is 13.8. The Labute approximate surface area is 176 Å². The molecule has 1 aliphatic rings. The van der Waals surface area contributed by atoms with Crippen molar-refractivity contribution in [2.45, 2.75) is 12.4 Å². The summed E-state index contributed by atoms with van der Waals surface area (Å²) in [6.45, 7) is 1.87. The molecule has 1 aliphatic heterocycles. The fourth-order valence-electron chi connectivity index (χ4n) is 3.27. The molecule has 0 bridgehead atoms. The summed E-state index contributed by atoms with van der Waals surface area (Å²) in [5, 5.41) is 20.5. The van der Waals surface area contributed by atoms with Gasteiger partial charge in [-0.05, 0) is 60.5 Å². The Morgan fingerprint density at radius 1 is 1.17 bits per heavy atom. The largest absolute Gasteiger partial charge is 0.506 e. The highest BCUT2D eigenvalue weighted by Gasteiger charge is 2.21. The van der Waals surface area contributed by atoms with Crippen LogP contribution < -0.4 is 5.43 Å². The van der Waals surface area contributed by atoms with E-state index in [1.165, 1.54) is 18.2 Å². The van der Waals surface area contributed by atoms with E-state index in [2.05, 4.69) is 0 Å². The van der Waals surface area contributed by atoms with Crippen LogP contribution in [0.25, 0.3) is 27.9 Å². The second kappa shape index (κ2) is 7.17. The molecule has 1 unspecified atom stereocenters. The van der Waals surface area contributed by atoms with Crippen LogP contribution in [0.15, 0.2) is 57.9 Å². The highest BCUT2D eigenvalue weighted by atomic mass is 35.5. The summed E-state index contributed by atoms with van der Waals surface area (Å²) in [7, 11) is 1.86. The first-order valence-electron chi connectivity index (χ1n) is 8.82. The number of benzene rings is 2. The number of alkyl halides is 1. The molecule has 0 fully saturated rings. The third-order valence-corrected chi connectivity index (χ3v) is 5.57. The Bertz CT molecular complexity index is 1260. The zero-order valence-corrected chi connectivity index (χ0v) is 17.1. The number of rotatable bonds is 2. The predicted octanol–water partition coefficient (Wildman–Crippen LogP) is 5.24. The van der Waals surface area contributed by atoms with Crippen molar-refractivity contribution in [3.05, 3.63) is 75.1 Å². The van der Waals surface area contributed by atoms with Crippen molar-refractivity contribution in [1.29, 1.82) is 0 Å². The van der Waals surface area contributed by atoms with Crippen molar-refractivity contribution in [2.75, 3.05) is 7.05 Å². The molecule has 2 heterocycles. The Morgan fingerprint density at radius 2 is 1.93 bits per heavy atom. The molecule has 0 radical (unpaired) electrons. The molecule has 1 atom stereocenters. The molecule has 0 amide bonds. The Kier molecular flexibility index (Phi) is 4.81. The number of likely N-dealkylation sites (N-methyl/N-ethyl adjacent to an activating group) is 1. The molecule has 0 spiro atoms. The van der Waals surface area contributed by atoms with Gasteiger partial charge in [0.2, 0.25) is 11.2 Å². The van der Waals surface area contributed by atoms with Crippen molar-refractivity contribution in [2.24, 2.45) is 0 Å². The zero-order chi connectivity index (χ0) is 20.9. The van der Waals surface area contributed by atoms with Gasteiger partial charge >= 0.3 is 0 Å². The molecule has 5 nitrogen and oxygen atoms in total. The van der Waals surface area contributed by atoms with Crippen molar-refractivity contribution < 1.29 is 14.6 Å². The number of aromatic hydroxyl groups is 2. The van der Waals surface area contributed by atoms with Gasteiger partial charge in [0, 0.05) is 24.4 Å². The summed E-state index contributed by atoms with van der Waals surface area (Å²) < 4.78 is 6.03. The van der Waals surface area contributed by atoms with Gasteiger partial charge in [-0.15, -0.1) is 0 Å². The quantitative estimate of drug-likeness (QED) is 0.430. The van der Waals surface area contributed by atoms with Crippen molar-refractivity contribution in [3.8, 4) is 22.8 Å².